The van der Waals surface area contributed by atoms with Gasteiger partial charge >= 0.3 is 0 Å². The number of rotatable bonds is 4. The van der Waals surface area contributed by atoms with Gasteiger partial charge in [0.05, 0.1) is 13.2 Å². The molecule has 0 saturated heterocycles. The second-order valence-corrected chi connectivity index (χ2v) is 8.76. The Kier molecular flexibility index (Phi) is 4.96. The summed E-state index contributed by atoms with van der Waals surface area (Å²) in [6, 6.07) is 34.3. The first-order valence-corrected chi connectivity index (χ1v) is 11.6. The summed E-state index contributed by atoms with van der Waals surface area (Å²) in [4.78, 5) is 5.97. The van der Waals surface area contributed by atoms with Gasteiger partial charge < -0.3 is 14.6 Å². The zero-order valence-corrected chi connectivity index (χ0v) is 19.3. The molecule has 5 aromatic rings. The van der Waals surface area contributed by atoms with E-state index in [9.17, 15) is 0 Å². The van der Waals surface area contributed by atoms with Crippen LogP contribution in [0.2, 0.25) is 0 Å². The fourth-order valence-electron chi connectivity index (χ4n) is 5.08. The van der Waals surface area contributed by atoms with Crippen molar-refractivity contribution >= 4 is 28.4 Å². The number of hydrogen-bond donors (Lipinski definition) is 1. The van der Waals surface area contributed by atoms with E-state index in [0.29, 0.717) is 0 Å². The van der Waals surface area contributed by atoms with E-state index in [1.54, 1.807) is 7.11 Å². The van der Waals surface area contributed by atoms with Gasteiger partial charge in [0.1, 0.15) is 5.75 Å². The lowest BCUT2D eigenvalue weighted by Gasteiger charge is -2.40. The monoisotopic (exact) mass is 442 g/mol. The van der Waals surface area contributed by atoms with Crippen LogP contribution in [-0.2, 0) is 0 Å². The molecule has 0 aliphatic carbocycles. The van der Waals surface area contributed by atoms with E-state index >= 15 is 0 Å². The van der Waals surface area contributed by atoms with Crippen molar-refractivity contribution in [3.05, 3.63) is 131 Å². The molecule has 1 aliphatic heterocycles. The SMILES string of the molecule is COc1cccc2[nH]cc(C3c4ccccc4C=C(c4ccccc4)N3c3ccc(C)cc3)c12. The fraction of sp³-hybridized carbons (Fsp3) is 0.0968. The van der Waals surface area contributed by atoms with Crippen LogP contribution in [0.4, 0.5) is 5.69 Å². The molecule has 1 aliphatic rings. The van der Waals surface area contributed by atoms with Gasteiger partial charge in [-0.05, 0) is 54.0 Å². The van der Waals surface area contributed by atoms with Crippen molar-refractivity contribution in [3.8, 4) is 5.75 Å². The summed E-state index contributed by atoms with van der Waals surface area (Å²) in [6.45, 7) is 2.13. The molecule has 0 radical (unpaired) electrons. The Balaban J connectivity index is 1.67. The van der Waals surface area contributed by atoms with Gasteiger partial charge in [0.25, 0.3) is 0 Å². The number of hydrogen-bond acceptors (Lipinski definition) is 2. The quantitative estimate of drug-likeness (QED) is 0.310. The standard InChI is InChI=1S/C31H26N2O/c1-21-15-17-24(18-16-21)33-28(22-9-4-3-5-10-22)19-23-11-6-7-12-25(23)31(33)26-20-32-27-13-8-14-29(34-2)30(26)27/h3-20,31-32H,1-2H3. The molecule has 1 aromatic heterocycles. The Morgan fingerprint density at radius 2 is 1.53 bits per heavy atom. The molecule has 3 heteroatoms. The van der Waals surface area contributed by atoms with Gasteiger partial charge in [-0.3, -0.25) is 0 Å². The average Bonchev–Trinajstić information content (AvgIpc) is 3.33. The minimum absolute atomic E-state index is 0.0239. The lowest BCUT2D eigenvalue weighted by atomic mass is 9.87. The molecule has 0 saturated carbocycles. The van der Waals surface area contributed by atoms with Gasteiger partial charge in [0.2, 0.25) is 0 Å². The average molecular weight is 443 g/mol. The molecule has 166 valence electrons. The molecular weight excluding hydrogens is 416 g/mol. The van der Waals surface area contributed by atoms with E-state index < -0.39 is 0 Å². The van der Waals surface area contributed by atoms with Crippen LogP contribution >= 0.6 is 0 Å². The molecule has 0 amide bonds. The Morgan fingerprint density at radius 1 is 0.765 bits per heavy atom. The topological polar surface area (TPSA) is 28.3 Å². The summed E-state index contributed by atoms with van der Waals surface area (Å²) in [6.07, 6.45) is 4.46. The second-order valence-electron chi connectivity index (χ2n) is 8.76. The summed E-state index contributed by atoms with van der Waals surface area (Å²) in [7, 11) is 1.74. The molecule has 0 bridgehead atoms. The predicted octanol–water partition coefficient (Wildman–Crippen LogP) is 7.59. The normalized spacial score (nSPS) is 15.2. The Morgan fingerprint density at radius 3 is 2.32 bits per heavy atom. The van der Waals surface area contributed by atoms with Crippen molar-refractivity contribution in [2.45, 2.75) is 13.0 Å². The van der Waals surface area contributed by atoms with Crippen LogP contribution in [0.3, 0.4) is 0 Å². The first-order valence-electron chi connectivity index (χ1n) is 11.6. The van der Waals surface area contributed by atoms with Crippen molar-refractivity contribution in [2.24, 2.45) is 0 Å². The summed E-state index contributed by atoms with van der Waals surface area (Å²) in [5, 5.41) is 1.12. The lowest BCUT2D eigenvalue weighted by molar-refractivity contribution is 0.419. The van der Waals surface area contributed by atoms with Crippen molar-refractivity contribution in [1.82, 2.24) is 4.98 Å². The Labute approximate surface area is 199 Å². The highest BCUT2D eigenvalue weighted by molar-refractivity contribution is 5.97. The molecule has 34 heavy (non-hydrogen) atoms. The van der Waals surface area contributed by atoms with Crippen LogP contribution in [-0.4, -0.2) is 12.1 Å². The van der Waals surface area contributed by atoms with Gasteiger partial charge in [0, 0.05) is 34.0 Å². The smallest absolute Gasteiger partial charge is 0.128 e. The second kappa shape index (κ2) is 8.27. The number of H-pyrrole nitrogens is 1. The molecule has 2 heterocycles. The number of ether oxygens (including phenoxy) is 1. The number of fused-ring (bicyclic) bond motifs is 2. The van der Waals surface area contributed by atoms with Gasteiger partial charge in [-0.15, -0.1) is 0 Å². The molecular formula is C31H26N2O. The number of nitrogens with one attached hydrogen (secondary N) is 1. The minimum Gasteiger partial charge on any atom is -0.496 e. The van der Waals surface area contributed by atoms with Crippen LogP contribution < -0.4 is 9.64 Å². The van der Waals surface area contributed by atoms with Gasteiger partial charge in [-0.2, -0.15) is 0 Å². The van der Waals surface area contributed by atoms with Crippen LogP contribution in [0.25, 0.3) is 22.7 Å². The number of aryl methyl sites for hydroxylation is 1. The maximum absolute atomic E-state index is 5.82. The summed E-state index contributed by atoms with van der Waals surface area (Å²) in [5.74, 6) is 0.880. The number of methoxy groups -OCH3 is 1. The highest BCUT2D eigenvalue weighted by atomic mass is 16.5. The van der Waals surface area contributed by atoms with E-state index in [4.69, 9.17) is 4.74 Å². The fourth-order valence-corrected chi connectivity index (χ4v) is 5.08. The summed E-state index contributed by atoms with van der Waals surface area (Å²) < 4.78 is 5.82. The minimum atomic E-state index is -0.0239. The van der Waals surface area contributed by atoms with Crippen LogP contribution in [0.1, 0.15) is 33.9 Å². The number of aromatic amines is 1. The maximum Gasteiger partial charge on any atom is 0.128 e. The molecule has 1 atom stereocenters. The number of benzene rings is 4. The predicted molar refractivity (Wildman–Crippen MR) is 141 cm³/mol. The van der Waals surface area contributed by atoms with E-state index in [1.165, 1.54) is 33.5 Å². The molecule has 4 aromatic carbocycles. The highest BCUT2D eigenvalue weighted by Gasteiger charge is 2.33. The van der Waals surface area contributed by atoms with E-state index in [1.807, 2.05) is 12.1 Å². The van der Waals surface area contributed by atoms with Crippen molar-refractivity contribution in [2.75, 3.05) is 12.0 Å². The third kappa shape index (κ3) is 3.29. The van der Waals surface area contributed by atoms with Gasteiger partial charge in [-0.25, -0.2) is 0 Å². The van der Waals surface area contributed by atoms with E-state index in [2.05, 4.69) is 114 Å². The summed E-state index contributed by atoms with van der Waals surface area (Å²) >= 11 is 0. The van der Waals surface area contributed by atoms with E-state index in [0.717, 1.165) is 22.3 Å². The van der Waals surface area contributed by atoms with Gasteiger partial charge in [-0.1, -0.05) is 78.4 Å². The molecule has 3 nitrogen and oxygen atoms in total. The molecule has 0 spiro atoms. The van der Waals surface area contributed by atoms with E-state index in [-0.39, 0.29) is 6.04 Å². The zero-order valence-electron chi connectivity index (χ0n) is 19.3. The highest BCUT2D eigenvalue weighted by Crippen LogP contribution is 2.47. The largest absolute Gasteiger partial charge is 0.496 e. The van der Waals surface area contributed by atoms with Crippen molar-refractivity contribution in [1.29, 1.82) is 0 Å². The molecule has 0 fully saturated rings. The first kappa shape index (κ1) is 20.4. The Hall–Kier alpha value is -4.24. The Bertz CT molecular complexity index is 1500. The van der Waals surface area contributed by atoms with Crippen molar-refractivity contribution < 1.29 is 4.74 Å². The van der Waals surface area contributed by atoms with Crippen LogP contribution in [0.5, 0.6) is 5.75 Å². The molecule has 1 N–H and O–H groups in total. The van der Waals surface area contributed by atoms with Crippen LogP contribution in [0, 0.1) is 6.92 Å². The zero-order chi connectivity index (χ0) is 23.1. The third-order valence-electron chi connectivity index (χ3n) is 6.69. The molecule has 1 unspecified atom stereocenters. The third-order valence-corrected chi connectivity index (χ3v) is 6.69. The number of aromatic nitrogens is 1. The number of anilines is 1. The summed E-state index contributed by atoms with van der Waals surface area (Å²) in [5.41, 5.74) is 9.55. The molecule has 6 rings (SSSR count). The van der Waals surface area contributed by atoms with Crippen molar-refractivity contribution in [3.63, 3.8) is 0 Å². The first-order chi connectivity index (χ1) is 16.7. The van der Waals surface area contributed by atoms with Gasteiger partial charge in [0.15, 0.2) is 0 Å². The van der Waals surface area contributed by atoms with Crippen LogP contribution in [0.15, 0.2) is 103 Å². The maximum atomic E-state index is 5.82. The lowest BCUT2D eigenvalue weighted by Crippen LogP contribution is -2.31. The number of nitrogens with zero attached hydrogens (tertiary/aromatic N) is 1.